The van der Waals surface area contributed by atoms with Crippen LogP contribution in [0, 0.1) is 11.8 Å². The van der Waals surface area contributed by atoms with Crippen molar-refractivity contribution in [2.75, 3.05) is 40.5 Å². The minimum absolute atomic E-state index is 0.0312. The third-order valence-electron chi connectivity index (χ3n) is 12.0. The summed E-state index contributed by atoms with van der Waals surface area (Å²) in [6.07, 6.45) is 37.2. The highest BCUT2D eigenvalue weighted by atomic mass is 16.7. The first-order valence-electron chi connectivity index (χ1n) is 24.6. The van der Waals surface area contributed by atoms with Gasteiger partial charge in [-0.1, -0.05) is 156 Å². The molecule has 0 aromatic carbocycles. The molecule has 0 saturated carbocycles. The first-order chi connectivity index (χ1) is 27.3. The SMILES string of the molecule is CCCCCCCCC(CCCCCC)C(=O)OCCCCCC1(CCCCCOC(=O)C(CCCCCC)CCCCCCCC)OCC(CCN(C)C)O1. The zero-order valence-corrected chi connectivity index (χ0v) is 38.3. The fourth-order valence-corrected chi connectivity index (χ4v) is 8.21. The summed E-state index contributed by atoms with van der Waals surface area (Å²) in [5, 5.41) is 0. The predicted octanol–water partition coefficient (Wildman–Crippen LogP) is 13.9. The van der Waals surface area contributed by atoms with Crippen molar-refractivity contribution in [1.82, 2.24) is 4.90 Å². The van der Waals surface area contributed by atoms with Gasteiger partial charge < -0.3 is 23.8 Å². The van der Waals surface area contributed by atoms with Crippen LogP contribution >= 0.6 is 0 Å². The molecule has 332 valence electrons. The fraction of sp³-hybridized carbons (Fsp3) is 0.959. The molecule has 0 radical (unpaired) electrons. The number of carbonyl (C=O) groups excluding carboxylic acids is 2. The molecule has 1 heterocycles. The number of ether oxygens (including phenoxy) is 4. The van der Waals surface area contributed by atoms with Crippen LogP contribution in [0.4, 0.5) is 0 Å². The molecule has 0 amide bonds. The van der Waals surface area contributed by atoms with E-state index < -0.39 is 5.79 Å². The Morgan fingerprint density at radius 1 is 0.536 bits per heavy atom. The number of carbonyl (C=O) groups is 2. The first kappa shape index (κ1) is 52.8. The molecule has 0 aliphatic carbocycles. The number of hydrogen-bond acceptors (Lipinski definition) is 7. The van der Waals surface area contributed by atoms with E-state index in [4.69, 9.17) is 18.9 Å². The van der Waals surface area contributed by atoms with Gasteiger partial charge in [-0.2, -0.15) is 0 Å². The Kier molecular flexibility index (Phi) is 34.8. The third-order valence-corrected chi connectivity index (χ3v) is 12.0. The molecule has 1 rings (SSSR count). The van der Waals surface area contributed by atoms with Crippen LogP contribution in [0.1, 0.15) is 240 Å². The molecule has 1 aliphatic rings. The zero-order chi connectivity index (χ0) is 41.0. The summed E-state index contributed by atoms with van der Waals surface area (Å²) in [5.41, 5.74) is 0. The molecule has 7 heteroatoms. The molecular formula is C49H95NO6. The maximum absolute atomic E-state index is 13.1. The highest BCUT2D eigenvalue weighted by Crippen LogP contribution is 2.35. The van der Waals surface area contributed by atoms with Crippen LogP contribution in [-0.4, -0.2) is 69.2 Å². The topological polar surface area (TPSA) is 74.3 Å². The van der Waals surface area contributed by atoms with Gasteiger partial charge in [0.25, 0.3) is 0 Å². The van der Waals surface area contributed by atoms with Crippen molar-refractivity contribution in [3.8, 4) is 0 Å². The molecule has 3 atom stereocenters. The Labute approximate surface area is 348 Å². The van der Waals surface area contributed by atoms with Gasteiger partial charge >= 0.3 is 11.9 Å². The summed E-state index contributed by atoms with van der Waals surface area (Å²) in [6.45, 7) is 11.7. The number of nitrogens with zero attached hydrogens (tertiary/aromatic N) is 1. The van der Waals surface area contributed by atoms with Crippen molar-refractivity contribution in [2.24, 2.45) is 11.8 Å². The van der Waals surface area contributed by atoms with E-state index in [2.05, 4.69) is 46.7 Å². The number of unbranched alkanes of at least 4 members (excludes halogenated alkanes) is 20. The molecule has 1 saturated heterocycles. The van der Waals surface area contributed by atoms with E-state index in [1.807, 2.05) is 0 Å². The molecule has 3 unspecified atom stereocenters. The molecule has 0 aromatic heterocycles. The number of rotatable bonds is 41. The summed E-state index contributed by atoms with van der Waals surface area (Å²) in [5.74, 6) is -0.351. The van der Waals surface area contributed by atoms with E-state index in [9.17, 15) is 9.59 Å². The van der Waals surface area contributed by atoms with Crippen molar-refractivity contribution in [3.63, 3.8) is 0 Å². The summed E-state index contributed by atoms with van der Waals surface area (Å²) < 4.78 is 24.9. The van der Waals surface area contributed by atoms with Gasteiger partial charge in [0.2, 0.25) is 0 Å². The van der Waals surface area contributed by atoms with E-state index in [-0.39, 0.29) is 29.9 Å². The van der Waals surface area contributed by atoms with Crippen LogP contribution in [0.15, 0.2) is 0 Å². The Bertz CT molecular complexity index is 840. The van der Waals surface area contributed by atoms with Crippen LogP contribution in [-0.2, 0) is 28.5 Å². The second-order valence-electron chi connectivity index (χ2n) is 17.7. The van der Waals surface area contributed by atoms with Gasteiger partial charge in [-0.3, -0.25) is 9.59 Å². The van der Waals surface area contributed by atoms with Crippen LogP contribution in [0.25, 0.3) is 0 Å². The van der Waals surface area contributed by atoms with Crippen LogP contribution < -0.4 is 0 Å². The van der Waals surface area contributed by atoms with Crippen LogP contribution in [0.2, 0.25) is 0 Å². The molecular weight excluding hydrogens is 699 g/mol. The maximum atomic E-state index is 13.1. The number of esters is 2. The lowest BCUT2D eigenvalue weighted by atomic mass is 9.94. The molecule has 56 heavy (non-hydrogen) atoms. The van der Waals surface area contributed by atoms with Crippen LogP contribution in [0.3, 0.4) is 0 Å². The highest BCUT2D eigenvalue weighted by molar-refractivity contribution is 5.72. The van der Waals surface area contributed by atoms with Gasteiger partial charge in [0.15, 0.2) is 5.79 Å². The second-order valence-corrected chi connectivity index (χ2v) is 17.7. The lowest BCUT2D eigenvalue weighted by molar-refractivity contribution is -0.180. The third kappa shape index (κ3) is 28.3. The van der Waals surface area contributed by atoms with Crippen molar-refractivity contribution in [3.05, 3.63) is 0 Å². The molecule has 7 nitrogen and oxygen atoms in total. The normalized spacial score (nSPS) is 18.1. The smallest absolute Gasteiger partial charge is 0.308 e. The van der Waals surface area contributed by atoms with Crippen molar-refractivity contribution in [2.45, 2.75) is 251 Å². The van der Waals surface area contributed by atoms with Crippen LogP contribution in [0.5, 0.6) is 0 Å². The first-order valence-corrected chi connectivity index (χ1v) is 24.6. The van der Waals surface area contributed by atoms with E-state index in [0.717, 1.165) is 116 Å². The standard InChI is InChI=1S/C49H95NO6/c1-7-11-15-19-21-27-35-44(33-25-17-13-9-3)47(51)53-41-31-23-29-38-49(55-43-46(56-49)37-40-50(5)6)39-30-24-32-42-54-48(52)45(34-26-18-14-10-4)36-28-22-20-16-12-8-2/h44-46H,7-43H2,1-6H3. The van der Waals surface area contributed by atoms with Gasteiger partial charge in [0.05, 0.1) is 37.8 Å². The molecule has 0 aromatic rings. The summed E-state index contributed by atoms with van der Waals surface area (Å²) in [4.78, 5) is 28.5. The lowest BCUT2D eigenvalue weighted by Crippen LogP contribution is -2.31. The molecule has 1 fully saturated rings. The van der Waals surface area contributed by atoms with Gasteiger partial charge in [0.1, 0.15) is 0 Å². The van der Waals surface area contributed by atoms with E-state index in [1.165, 1.54) is 103 Å². The fourth-order valence-electron chi connectivity index (χ4n) is 8.21. The lowest BCUT2D eigenvalue weighted by Gasteiger charge is -2.29. The maximum Gasteiger partial charge on any atom is 0.308 e. The van der Waals surface area contributed by atoms with E-state index >= 15 is 0 Å². The van der Waals surface area contributed by atoms with Gasteiger partial charge in [-0.15, -0.1) is 0 Å². The summed E-state index contributed by atoms with van der Waals surface area (Å²) in [6, 6.07) is 0. The highest BCUT2D eigenvalue weighted by Gasteiger charge is 2.40. The van der Waals surface area contributed by atoms with Crippen molar-refractivity contribution < 1.29 is 28.5 Å². The largest absolute Gasteiger partial charge is 0.465 e. The average molecular weight is 794 g/mol. The quantitative estimate of drug-likeness (QED) is 0.0451. The number of hydrogen-bond donors (Lipinski definition) is 0. The van der Waals surface area contributed by atoms with E-state index in [0.29, 0.717) is 19.8 Å². The Balaban J connectivity index is 2.53. The van der Waals surface area contributed by atoms with E-state index in [1.54, 1.807) is 0 Å². The molecule has 1 aliphatic heterocycles. The van der Waals surface area contributed by atoms with Crippen molar-refractivity contribution in [1.29, 1.82) is 0 Å². The zero-order valence-electron chi connectivity index (χ0n) is 38.3. The monoisotopic (exact) mass is 794 g/mol. The van der Waals surface area contributed by atoms with Crippen molar-refractivity contribution >= 4 is 11.9 Å². The Hall–Kier alpha value is -1.18. The summed E-state index contributed by atoms with van der Waals surface area (Å²) in [7, 11) is 4.21. The minimum Gasteiger partial charge on any atom is -0.465 e. The summed E-state index contributed by atoms with van der Waals surface area (Å²) >= 11 is 0. The Morgan fingerprint density at radius 3 is 1.29 bits per heavy atom. The average Bonchev–Trinajstić information content (AvgIpc) is 3.60. The predicted molar refractivity (Wildman–Crippen MR) is 236 cm³/mol. The molecule has 0 bridgehead atoms. The Morgan fingerprint density at radius 2 is 0.893 bits per heavy atom. The van der Waals surface area contributed by atoms with Gasteiger partial charge in [-0.05, 0) is 84.7 Å². The second kappa shape index (κ2) is 36.9. The molecule has 0 spiro atoms. The van der Waals surface area contributed by atoms with Gasteiger partial charge in [0, 0.05) is 19.4 Å². The van der Waals surface area contributed by atoms with Gasteiger partial charge in [-0.25, -0.2) is 0 Å². The minimum atomic E-state index is -0.536. The molecule has 0 N–H and O–H groups in total.